The van der Waals surface area contributed by atoms with Crippen molar-refractivity contribution in [1.29, 1.82) is 0 Å². The fourth-order valence-corrected chi connectivity index (χ4v) is 1.36. The summed E-state index contributed by atoms with van der Waals surface area (Å²) in [5.74, 6) is -0.220. The summed E-state index contributed by atoms with van der Waals surface area (Å²) in [6.45, 7) is 0.154. The molecule has 0 spiro atoms. The Morgan fingerprint density at radius 2 is 2.05 bits per heavy atom. The molecule has 9 heteroatoms. The number of anilines is 1. The maximum atomic E-state index is 12.5. The van der Waals surface area contributed by atoms with E-state index >= 15 is 0 Å². The van der Waals surface area contributed by atoms with E-state index in [9.17, 15) is 18.0 Å². The number of nitrogens with zero attached hydrogens (tertiary/aromatic N) is 3. The molecule has 0 fully saturated rings. The summed E-state index contributed by atoms with van der Waals surface area (Å²) in [5, 5.41) is 2.10. The van der Waals surface area contributed by atoms with Crippen molar-refractivity contribution in [3.05, 3.63) is 17.0 Å². The maximum absolute atomic E-state index is 12.5. The maximum Gasteiger partial charge on any atom is 0.433 e. The van der Waals surface area contributed by atoms with Crippen LogP contribution in [0.5, 0.6) is 0 Å². The zero-order valence-corrected chi connectivity index (χ0v) is 11.0. The second-order valence-corrected chi connectivity index (χ2v) is 4.21. The van der Waals surface area contributed by atoms with Gasteiger partial charge in [0, 0.05) is 33.1 Å². The number of rotatable bonds is 4. The topological polar surface area (TPSA) is 58.1 Å². The number of carbonyl (C=O) groups excluding carboxylic acids is 1. The van der Waals surface area contributed by atoms with Crippen LogP contribution < -0.4 is 5.32 Å². The van der Waals surface area contributed by atoms with Crippen molar-refractivity contribution in [2.24, 2.45) is 0 Å². The number of halogens is 4. The zero-order chi connectivity index (χ0) is 14.6. The molecule has 5 nitrogen and oxygen atoms in total. The summed E-state index contributed by atoms with van der Waals surface area (Å²) < 4.78 is 37.4. The van der Waals surface area contributed by atoms with Crippen LogP contribution in [0.2, 0.25) is 5.28 Å². The van der Waals surface area contributed by atoms with Crippen LogP contribution in [0.1, 0.15) is 12.1 Å². The minimum Gasteiger partial charge on any atom is -0.369 e. The molecule has 0 atom stereocenters. The van der Waals surface area contributed by atoms with Crippen LogP contribution in [0.15, 0.2) is 6.07 Å². The fraction of sp³-hybridized carbons (Fsp3) is 0.500. The van der Waals surface area contributed by atoms with Gasteiger partial charge in [-0.15, -0.1) is 0 Å². The minimum absolute atomic E-state index is 0.0705. The van der Waals surface area contributed by atoms with E-state index < -0.39 is 17.2 Å². The van der Waals surface area contributed by atoms with Crippen molar-refractivity contribution in [3.63, 3.8) is 0 Å². The predicted octanol–water partition coefficient (Wildman–Crippen LogP) is 2.04. The normalized spacial score (nSPS) is 11.3. The smallest absolute Gasteiger partial charge is 0.369 e. The lowest BCUT2D eigenvalue weighted by Crippen LogP contribution is -2.24. The summed E-state index contributed by atoms with van der Waals surface area (Å²) in [7, 11) is 3.18. The number of alkyl halides is 3. The highest BCUT2D eigenvalue weighted by Crippen LogP contribution is 2.29. The highest BCUT2D eigenvalue weighted by atomic mass is 35.5. The molecule has 0 aliphatic rings. The first-order valence-electron chi connectivity index (χ1n) is 5.26. The fourth-order valence-electron chi connectivity index (χ4n) is 1.17. The lowest BCUT2D eigenvalue weighted by molar-refractivity contribution is -0.141. The second kappa shape index (κ2) is 6.05. The van der Waals surface area contributed by atoms with Gasteiger partial charge in [0.25, 0.3) is 0 Å². The summed E-state index contributed by atoms with van der Waals surface area (Å²) in [5.41, 5.74) is -1.13. The lowest BCUT2D eigenvalue weighted by Gasteiger charge is -2.12. The van der Waals surface area contributed by atoms with Crippen molar-refractivity contribution in [2.45, 2.75) is 12.6 Å². The van der Waals surface area contributed by atoms with Crippen molar-refractivity contribution in [1.82, 2.24) is 14.9 Å². The monoisotopic (exact) mass is 296 g/mol. The quantitative estimate of drug-likeness (QED) is 0.864. The van der Waals surface area contributed by atoms with Gasteiger partial charge in [-0.25, -0.2) is 9.97 Å². The Morgan fingerprint density at radius 3 is 2.58 bits per heavy atom. The largest absolute Gasteiger partial charge is 0.433 e. The number of hydrogen-bond donors (Lipinski definition) is 1. The molecule has 1 rings (SSSR count). The van der Waals surface area contributed by atoms with E-state index in [1.165, 1.54) is 4.90 Å². The van der Waals surface area contributed by atoms with Crippen LogP contribution in [0.25, 0.3) is 0 Å². The van der Waals surface area contributed by atoms with E-state index in [1.807, 2.05) is 0 Å². The van der Waals surface area contributed by atoms with Gasteiger partial charge in [-0.3, -0.25) is 4.79 Å². The Hall–Kier alpha value is -1.57. The van der Waals surface area contributed by atoms with E-state index in [-0.39, 0.29) is 24.7 Å². The number of aromatic nitrogens is 2. The average molecular weight is 297 g/mol. The molecule has 1 heterocycles. The van der Waals surface area contributed by atoms with Crippen LogP contribution >= 0.6 is 11.6 Å². The molecule has 0 saturated heterocycles. The number of carbonyl (C=O) groups is 1. The molecule has 1 amide bonds. The molecule has 0 bridgehead atoms. The van der Waals surface area contributed by atoms with E-state index in [4.69, 9.17) is 11.6 Å². The number of nitrogens with one attached hydrogen (secondary N) is 1. The molecule has 0 aromatic carbocycles. The number of hydrogen-bond acceptors (Lipinski definition) is 4. The summed E-state index contributed by atoms with van der Waals surface area (Å²) in [6, 6.07) is 0.742. The summed E-state index contributed by atoms with van der Waals surface area (Å²) in [4.78, 5) is 19.4. The molecular formula is C10H12ClF3N4O. The van der Waals surface area contributed by atoms with Gasteiger partial charge >= 0.3 is 6.18 Å². The Bertz CT molecular complexity index is 465. The van der Waals surface area contributed by atoms with Gasteiger partial charge in [0.05, 0.1) is 0 Å². The molecule has 0 radical (unpaired) electrons. The van der Waals surface area contributed by atoms with E-state index in [1.54, 1.807) is 14.1 Å². The SMILES string of the molecule is CN(C)C(=O)CCNc1cc(C(F)(F)F)nc(Cl)n1. The molecule has 1 aromatic rings. The van der Waals surface area contributed by atoms with E-state index in [2.05, 4.69) is 15.3 Å². The molecule has 1 N–H and O–H groups in total. The third kappa shape index (κ3) is 4.90. The lowest BCUT2D eigenvalue weighted by atomic mass is 10.3. The van der Waals surface area contributed by atoms with Crippen molar-refractivity contribution < 1.29 is 18.0 Å². The Balaban J connectivity index is 2.69. The highest BCUT2D eigenvalue weighted by molar-refractivity contribution is 6.28. The molecule has 1 aromatic heterocycles. The van der Waals surface area contributed by atoms with Gasteiger partial charge in [0.15, 0.2) is 5.69 Å². The van der Waals surface area contributed by atoms with E-state index in [0.29, 0.717) is 0 Å². The molecular weight excluding hydrogens is 285 g/mol. The predicted molar refractivity (Wildman–Crippen MR) is 63.8 cm³/mol. The first-order chi connectivity index (χ1) is 8.70. The Labute approximate surface area is 112 Å². The summed E-state index contributed by atoms with van der Waals surface area (Å²) >= 11 is 5.41. The first kappa shape index (κ1) is 15.5. The van der Waals surface area contributed by atoms with Crippen LogP contribution in [0, 0.1) is 0 Å². The molecule has 0 unspecified atom stereocenters. The van der Waals surface area contributed by atoms with Crippen LogP contribution in [0.3, 0.4) is 0 Å². The first-order valence-corrected chi connectivity index (χ1v) is 5.63. The molecule has 0 aliphatic carbocycles. The third-order valence-corrected chi connectivity index (χ3v) is 2.30. The van der Waals surface area contributed by atoms with Crippen LogP contribution in [0.4, 0.5) is 19.0 Å². The Morgan fingerprint density at radius 1 is 1.42 bits per heavy atom. The third-order valence-electron chi connectivity index (χ3n) is 2.13. The molecule has 106 valence electrons. The van der Waals surface area contributed by atoms with Gasteiger partial charge < -0.3 is 10.2 Å². The van der Waals surface area contributed by atoms with Crippen molar-refractivity contribution in [2.75, 3.05) is 26.0 Å². The van der Waals surface area contributed by atoms with Crippen LogP contribution in [-0.4, -0.2) is 41.4 Å². The average Bonchev–Trinajstić information content (AvgIpc) is 2.26. The van der Waals surface area contributed by atoms with Crippen molar-refractivity contribution >= 4 is 23.3 Å². The Kier molecular flexibility index (Phi) is 4.93. The standard InChI is InChI=1S/C10H12ClF3N4O/c1-18(2)8(19)3-4-15-7-5-6(10(12,13)14)16-9(11)17-7/h5H,3-4H2,1-2H3,(H,15,16,17). The molecule has 0 aliphatic heterocycles. The summed E-state index contributed by atoms with van der Waals surface area (Å²) in [6.07, 6.45) is -4.46. The van der Waals surface area contributed by atoms with Gasteiger partial charge in [-0.1, -0.05) is 0 Å². The van der Waals surface area contributed by atoms with E-state index in [0.717, 1.165) is 6.07 Å². The molecule has 19 heavy (non-hydrogen) atoms. The number of amides is 1. The zero-order valence-electron chi connectivity index (χ0n) is 10.3. The molecule has 0 saturated carbocycles. The van der Waals surface area contributed by atoms with Gasteiger partial charge in [-0.05, 0) is 11.6 Å². The van der Waals surface area contributed by atoms with Gasteiger partial charge in [0.1, 0.15) is 5.82 Å². The highest BCUT2D eigenvalue weighted by Gasteiger charge is 2.33. The van der Waals surface area contributed by atoms with Crippen molar-refractivity contribution in [3.8, 4) is 0 Å². The van der Waals surface area contributed by atoms with Crippen LogP contribution in [-0.2, 0) is 11.0 Å². The van der Waals surface area contributed by atoms with Gasteiger partial charge in [0.2, 0.25) is 11.2 Å². The minimum atomic E-state index is -4.59. The second-order valence-electron chi connectivity index (χ2n) is 3.87. The van der Waals surface area contributed by atoms with Gasteiger partial charge in [-0.2, -0.15) is 13.2 Å².